The Kier molecular flexibility index (Phi) is 8.68. The van der Waals surface area contributed by atoms with Gasteiger partial charge < -0.3 is 23.9 Å². The first-order valence-electron chi connectivity index (χ1n) is 11.6. The topological polar surface area (TPSA) is 104 Å². The van der Waals surface area contributed by atoms with Crippen molar-refractivity contribution in [3.05, 3.63) is 87.5 Å². The average Bonchev–Trinajstić information content (AvgIpc) is 2.92. The Morgan fingerprint density at radius 1 is 1.08 bits per heavy atom. The summed E-state index contributed by atoms with van der Waals surface area (Å²) < 4.78 is 21.4. The van der Waals surface area contributed by atoms with E-state index in [1.165, 1.54) is 6.07 Å². The summed E-state index contributed by atoms with van der Waals surface area (Å²) in [4.78, 5) is 37.5. The summed E-state index contributed by atoms with van der Waals surface area (Å²) in [5.41, 5.74) is 1.59. The van der Waals surface area contributed by atoms with Crippen LogP contribution in [0.2, 0.25) is 0 Å². The zero-order valence-electron chi connectivity index (χ0n) is 21.5. The molecule has 0 aliphatic heterocycles. The van der Waals surface area contributed by atoms with Crippen molar-refractivity contribution in [3.8, 4) is 22.6 Å². The van der Waals surface area contributed by atoms with E-state index >= 15 is 0 Å². The highest BCUT2D eigenvalue weighted by Gasteiger charge is 2.15. The van der Waals surface area contributed by atoms with Gasteiger partial charge in [-0.3, -0.25) is 9.59 Å². The first kappa shape index (κ1) is 27.0. The summed E-state index contributed by atoms with van der Waals surface area (Å²) in [6.45, 7) is 8.80. The van der Waals surface area contributed by atoms with Gasteiger partial charge in [0, 0.05) is 28.3 Å². The molecule has 37 heavy (non-hydrogen) atoms. The Labute approximate surface area is 214 Å². The molecule has 1 amide bonds. The van der Waals surface area contributed by atoms with Gasteiger partial charge in [0.05, 0.1) is 14.2 Å². The van der Waals surface area contributed by atoms with E-state index in [1.54, 1.807) is 59.3 Å². The molecule has 1 N–H and O–H groups in total. The number of rotatable bonds is 8. The van der Waals surface area contributed by atoms with E-state index in [9.17, 15) is 14.4 Å². The predicted molar refractivity (Wildman–Crippen MR) is 142 cm³/mol. The van der Waals surface area contributed by atoms with Gasteiger partial charge in [-0.05, 0) is 55.8 Å². The molecule has 0 bridgehead atoms. The zero-order valence-corrected chi connectivity index (χ0v) is 21.5. The molecule has 0 unspecified atom stereocenters. The van der Waals surface area contributed by atoms with E-state index in [0.717, 1.165) is 5.56 Å². The molecule has 1 aromatic heterocycles. The van der Waals surface area contributed by atoms with Crippen LogP contribution in [0.3, 0.4) is 0 Å². The van der Waals surface area contributed by atoms with Crippen molar-refractivity contribution in [3.63, 3.8) is 0 Å². The molecular formula is C29H29NO7. The van der Waals surface area contributed by atoms with Crippen LogP contribution in [0.15, 0.2) is 70.1 Å². The van der Waals surface area contributed by atoms with Crippen molar-refractivity contribution in [2.45, 2.75) is 27.2 Å². The minimum Gasteiger partial charge on any atom is -0.497 e. The third-order valence-electron chi connectivity index (χ3n) is 5.66. The van der Waals surface area contributed by atoms with E-state index in [-0.39, 0.29) is 23.3 Å². The highest BCUT2D eigenvalue weighted by atomic mass is 16.5. The number of amides is 1. The maximum Gasteiger partial charge on any atom is 0.360 e. The number of nitrogens with one attached hydrogen (secondary N) is 1. The number of allylic oxidation sites excluding steroid dienone is 1. The monoisotopic (exact) mass is 503 g/mol. The normalized spacial score (nSPS) is 12.0. The number of benzene rings is 2. The molecule has 0 aliphatic carbocycles. The number of carbonyl (C=O) groups excluding carboxylic acids is 2. The lowest BCUT2D eigenvalue weighted by Crippen LogP contribution is -2.33. The van der Waals surface area contributed by atoms with Crippen molar-refractivity contribution in [1.82, 2.24) is 0 Å². The fraction of sp³-hybridized carbons (Fsp3) is 0.207. The van der Waals surface area contributed by atoms with Gasteiger partial charge in [-0.25, -0.2) is 4.79 Å². The van der Waals surface area contributed by atoms with Gasteiger partial charge in [-0.1, -0.05) is 31.7 Å². The number of hydrogen-bond donors (Lipinski definition) is 1. The quantitative estimate of drug-likeness (QED) is 0.366. The van der Waals surface area contributed by atoms with Gasteiger partial charge in [0.25, 0.3) is 5.91 Å². The number of hydrogen-bond acceptors (Lipinski definition) is 7. The van der Waals surface area contributed by atoms with Crippen LogP contribution in [0.1, 0.15) is 37.6 Å². The fourth-order valence-electron chi connectivity index (χ4n) is 3.55. The molecule has 0 saturated heterocycles. The molecule has 192 valence electrons. The average molecular weight is 504 g/mol. The lowest BCUT2D eigenvalue weighted by molar-refractivity contribution is -0.138. The van der Waals surface area contributed by atoms with Crippen LogP contribution in [0.5, 0.6) is 11.5 Å². The predicted octanol–water partition coefficient (Wildman–Crippen LogP) is 4.01. The Bertz CT molecular complexity index is 1530. The van der Waals surface area contributed by atoms with E-state index in [2.05, 4.69) is 11.9 Å². The van der Waals surface area contributed by atoms with E-state index in [0.29, 0.717) is 33.4 Å². The zero-order chi connectivity index (χ0) is 27.1. The lowest BCUT2D eigenvalue weighted by Gasteiger charge is -2.12. The first-order valence-corrected chi connectivity index (χ1v) is 11.6. The summed E-state index contributed by atoms with van der Waals surface area (Å²) in [6, 6.07) is 13.8. The SMILES string of the molecule is C=C(OC(=O)CC)C(C)=c1oc(=O)c(NC(=O)c2ccc(OC)c(-c3cccc(OC)c3)c2)cc1=CC. The smallest absolute Gasteiger partial charge is 0.360 e. The van der Waals surface area contributed by atoms with E-state index in [4.69, 9.17) is 18.6 Å². The molecule has 0 atom stereocenters. The number of carbonyl (C=O) groups is 2. The molecule has 1 heterocycles. The fourth-order valence-corrected chi connectivity index (χ4v) is 3.55. The van der Waals surface area contributed by atoms with Crippen LogP contribution in [-0.4, -0.2) is 26.1 Å². The molecule has 8 nitrogen and oxygen atoms in total. The number of esters is 1. The maximum atomic E-state index is 13.1. The molecular weight excluding hydrogens is 474 g/mol. The van der Waals surface area contributed by atoms with Gasteiger partial charge in [-0.15, -0.1) is 0 Å². The third kappa shape index (κ3) is 6.16. The molecule has 0 aliphatic rings. The Hall–Kier alpha value is -4.59. The summed E-state index contributed by atoms with van der Waals surface area (Å²) in [5.74, 6) is 0.362. The van der Waals surface area contributed by atoms with Gasteiger partial charge in [-0.2, -0.15) is 0 Å². The van der Waals surface area contributed by atoms with Gasteiger partial charge >= 0.3 is 11.6 Å². The molecule has 0 radical (unpaired) electrons. The summed E-state index contributed by atoms with van der Waals surface area (Å²) in [5, 5.41) is 3.15. The number of methoxy groups -OCH3 is 2. The molecule has 8 heteroatoms. The molecule has 2 aromatic carbocycles. The largest absolute Gasteiger partial charge is 0.497 e. The highest BCUT2D eigenvalue weighted by Crippen LogP contribution is 2.33. The van der Waals surface area contributed by atoms with Gasteiger partial charge in [0.1, 0.15) is 28.4 Å². The second-order valence-electron chi connectivity index (χ2n) is 8.00. The first-order chi connectivity index (χ1) is 17.7. The summed E-state index contributed by atoms with van der Waals surface area (Å²) >= 11 is 0. The second kappa shape index (κ2) is 11.9. The number of anilines is 1. The van der Waals surface area contributed by atoms with Crippen molar-refractivity contribution < 1.29 is 28.2 Å². The minimum absolute atomic E-state index is 0.0374. The summed E-state index contributed by atoms with van der Waals surface area (Å²) in [6.07, 6.45) is 1.89. The Morgan fingerprint density at radius 3 is 2.49 bits per heavy atom. The van der Waals surface area contributed by atoms with Crippen molar-refractivity contribution in [2.24, 2.45) is 0 Å². The van der Waals surface area contributed by atoms with Crippen molar-refractivity contribution in [1.29, 1.82) is 0 Å². The van der Waals surface area contributed by atoms with Crippen LogP contribution < -0.4 is 31.1 Å². The summed E-state index contributed by atoms with van der Waals surface area (Å²) in [7, 11) is 3.12. The highest BCUT2D eigenvalue weighted by molar-refractivity contribution is 6.05. The second-order valence-corrected chi connectivity index (χ2v) is 8.00. The van der Waals surface area contributed by atoms with E-state index in [1.807, 2.05) is 24.3 Å². The minimum atomic E-state index is -0.760. The van der Waals surface area contributed by atoms with Crippen molar-refractivity contribution in [2.75, 3.05) is 19.5 Å². The van der Waals surface area contributed by atoms with E-state index < -0.39 is 17.5 Å². The van der Waals surface area contributed by atoms with Crippen LogP contribution in [-0.2, 0) is 9.53 Å². The molecule has 0 spiro atoms. The van der Waals surface area contributed by atoms with Gasteiger partial charge in [0.2, 0.25) is 0 Å². The van der Waals surface area contributed by atoms with Crippen LogP contribution in [0.4, 0.5) is 5.69 Å². The molecule has 3 aromatic rings. The van der Waals surface area contributed by atoms with Crippen LogP contribution in [0, 0.1) is 0 Å². The van der Waals surface area contributed by atoms with Crippen LogP contribution in [0.25, 0.3) is 22.8 Å². The molecule has 0 fully saturated rings. The lowest BCUT2D eigenvalue weighted by atomic mass is 10.0. The van der Waals surface area contributed by atoms with Crippen molar-refractivity contribution >= 4 is 29.2 Å². The Morgan fingerprint density at radius 2 is 1.84 bits per heavy atom. The third-order valence-corrected chi connectivity index (χ3v) is 5.66. The van der Waals surface area contributed by atoms with Gasteiger partial charge in [0.15, 0.2) is 0 Å². The van der Waals surface area contributed by atoms with Crippen LogP contribution >= 0.6 is 0 Å². The maximum absolute atomic E-state index is 13.1. The number of ether oxygens (including phenoxy) is 3. The standard InChI is InChI=1S/C29H29NO7/c1-7-19-16-24(29(33)37-27(19)17(3)18(4)36-26(31)8-2)30-28(32)21-12-13-25(35-6)23(15-21)20-10-9-11-22(14-20)34-5/h7,9-16H,4,8H2,1-3,5-6H3,(H,30,32). The molecule has 0 saturated carbocycles. The Balaban J connectivity index is 1.99. The molecule has 3 rings (SSSR count).